The van der Waals surface area contributed by atoms with E-state index in [4.69, 9.17) is 16.3 Å². The number of allylic oxidation sites excluding steroid dienone is 1. The number of hydrogen-bond acceptors (Lipinski definition) is 7. The van der Waals surface area contributed by atoms with Gasteiger partial charge in [-0.1, -0.05) is 30.7 Å². The molecule has 0 aromatic heterocycles. The van der Waals surface area contributed by atoms with E-state index in [2.05, 4.69) is 9.62 Å². The van der Waals surface area contributed by atoms with Crippen LogP contribution in [0.2, 0.25) is 5.02 Å². The van der Waals surface area contributed by atoms with Crippen LogP contribution in [0.1, 0.15) is 67.4 Å². The van der Waals surface area contributed by atoms with Crippen molar-refractivity contribution in [1.29, 1.82) is 0 Å². The zero-order valence-corrected chi connectivity index (χ0v) is 25.7. The molecule has 0 saturated heterocycles. The summed E-state index contributed by atoms with van der Waals surface area (Å²) >= 11 is 6.29. The van der Waals surface area contributed by atoms with Crippen LogP contribution in [0.25, 0.3) is 0 Å². The van der Waals surface area contributed by atoms with Crippen molar-refractivity contribution in [2.45, 2.75) is 69.8 Å². The zero-order chi connectivity index (χ0) is 30.1. The van der Waals surface area contributed by atoms with Crippen LogP contribution in [0.4, 0.5) is 5.69 Å². The minimum atomic E-state index is -4.00. The van der Waals surface area contributed by atoms with Gasteiger partial charge in [0.25, 0.3) is 5.91 Å². The van der Waals surface area contributed by atoms with Crippen LogP contribution in [-0.4, -0.2) is 49.7 Å². The number of sulfonamides is 1. The number of carbonyl (C=O) groups excluding carboxylic acids is 2. The Morgan fingerprint density at radius 1 is 1.12 bits per heavy atom. The highest BCUT2D eigenvalue weighted by atomic mass is 35.5. The second-order valence-corrected chi connectivity index (χ2v) is 14.5. The Kier molecular flexibility index (Phi) is 9.02. The minimum Gasteiger partial charge on any atom is -0.487 e. The van der Waals surface area contributed by atoms with Crippen LogP contribution in [0.15, 0.2) is 48.6 Å². The molecule has 2 N–H and O–H groups in total. The summed E-state index contributed by atoms with van der Waals surface area (Å²) in [5, 5.41) is 11.2. The SMILES string of the molecule is C[C@@H]1[C@@H](C)C/C=C/[C@@](O)(C=O)[C@@H]2CC[C@H]2CN2CCCCc3cc(Cl)ccc3COc3ccc(cc32)C(=O)NS1(=O)=O. The number of nitrogens with one attached hydrogen (secondary N) is 1. The van der Waals surface area contributed by atoms with E-state index in [1.54, 1.807) is 38.1 Å². The first-order valence-corrected chi connectivity index (χ1v) is 16.6. The lowest BCUT2D eigenvalue weighted by Gasteiger charge is -2.46. The van der Waals surface area contributed by atoms with Crippen molar-refractivity contribution in [3.05, 3.63) is 70.3 Å². The lowest BCUT2D eigenvalue weighted by molar-refractivity contribution is -0.130. The third-order valence-corrected chi connectivity index (χ3v) is 11.5. The van der Waals surface area contributed by atoms with Crippen molar-refractivity contribution in [3.63, 3.8) is 0 Å². The number of aliphatic hydroxyl groups is 1. The van der Waals surface area contributed by atoms with Crippen LogP contribution in [0.3, 0.4) is 0 Å². The number of fused-ring (bicyclic) bond motifs is 3. The number of benzene rings is 2. The maximum atomic E-state index is 13.3. The second kappa shape index (κ2) is 12.4. The Morgan fingerprint density at radius 2 is 1.93 bits per heavy atom. The van der Waals surface area contributed by atoms with Crippen molar-refractivity contribution in [1.82, 2.24) is 4.72 Å². The Balaban J connectivity index is 1.57. The molecular formula is C32H39ClN2O6S. The molecule has 3 aliphatic rings. The minimum absolute atomic E-state index is 0.0425. The fourth-order valence-electron chi connectivity index (χ4n) is 6.26. The van der Waals surface area contributed by atoms with Gasteiger partial charge in [-0.05, 0) is 105 Å². The van der Waals surface area contributed by atoms with Gasteiger partial charge in [0.2, 0.25) is 10.0 Å². The quantitative estimate of drug-likeness (QED) is 0.341. The van der Waals surface area contributed by atoms with Gasteiger partial charge < -0.3 is 14.7 Å². The molecule has 1 saturated carbocycles. The van der Waals surface area contributed by atoms with Gasteiger partial charge in [-0.3, -0.25) is 9.59 Å². The van der Waals surface area contributed by atoms with Crippen LogP contribution >= 0.6 is 11.6 Å². The fraction of sp³-hybridized carbons (Fsp3) is 0.500. The molecule has 2 bridgehead atoms. The van der Waals surface area contributed by atoms with Crippen molar-refractivity contribution in [3.8, 4) is 5.75 Å². The molecule has 2 aliphatic heterocycles. The largest absolute Gasteiger partial charge is 0.487 e. The fourth-order valence-corrected chi connectivity index (χ4v) is 7.74. The first-order chi connectivity index (χ1) is 20.0. The predicted octanol–water partition coefficient (Wildman–Crippen LogP) is 5.06. The monoisotopic (exact) mass is 614 g/mol. The number of hydrogen-bond donors (Lipinski definition) is 2. The van der Waals surface area contributed by atoms with Gasteiger partial charge >= 0.3 is 0 Å². The Morgan fingerprint density at radius 3 is 2.67 bits per heavy atom. The first-order valence-electron chi connectivity index (χ1n) is 14.7. The van der Waals surface area contributed by atoms with Crippen molar-refractivity contribution in [2.75, 3.05) is 18.0 Å². The summed E-state index contributed by atoms with van der Waals surface area (Å²) in [6.07, 6.45) is 8.33. The Bertz CT molecular complexity index is 1480. The zero-order valence-electron chi connectivity index (χ0n) is 24.1. The van der Waals surface area contributed by atoms with Gasteiger partial charge in [-0.15, -0.1) is 0 Å². The lowest BCUT2D eigenvalue weighted by atomic mass is 9.64. The molecule has 1 fully saturated rings. The maximum Gasteiger partial charge on any atom is 0.264 e. The van der Waals surface area contributed by atoms with Crippen molar-refractivity contribution in [2.24, 2.45) is 17.8 Å². The average molecular weight is 615 g/mol. The average Bonchev–Trinajstić information content (AvgIpc) is 2.97. The summed E-state index contributed by atoms with van der Waals surface area (Å²) in [5.41, 5.74) is 1.43. The smallest absolute Gasteiger partial charge is 0.264 e. The third kappa shape index (κ3) is 6.38. The molecule has 0 spiro atoms. The molecule has 0 radical (unpaired) electrons. The number of aryl methyl sites for hydroxylation is 1. The summed E-state index contributed by atoms with van der Waals surface area (Å²) in [4.78, 5) is 27.7. The van der Waals surface area contributed by atoms with E-state index in [-0.39, 0.29) is 23.3 Å². The second-order valence-electron chi connectivity index (χ2n) is 12.0. The van der Waals surface area contributed by atoms with E-state index in [9.17, 15) is 23.1 Å². The number of carbonyl (C=O) groups is 2. The topological polar surface area (TPSA) is 113 Å². The maximum absolute atomic E-state index is 13.3. The van der Waals surface area contributed by atoms with Gasteiger partial charge in [-0.25, -0.2) is 13.1 Å². The van der Waals surface area contributed by atoms with Crippen LogP contribution in [-0.2, 0) is 27.8 Å². The molecule has 226 valence electrons. The molecule has 1 amide bonds. The van der Waals surface area contributed by atoms with Gasteiger partial charge in [0.05, 0.1) is 10.9 Å². The molecule has 5 atom stereocenters. The highest BCUT2D eigenvalue weighted by Crippen LogP contribution is 2.44. The normalized spacial score (nSPS) is 30.7. The number of halogens is 1. The van der Waals surface area contributed by atoms with E-state index in [1.165, 1.54) is 6.08 Å². The highest BCUT2D eigenvalue weighted by molar-refractivity contribution is 7.90. The first kappa shape index (κ1) is 30.6. The van der Waals surface area contributed by atoms with Crippen LogP contribution in [0.5, 0.6) is 5.75 Å². The van der Waals surface area contributed by atoms with Crippen LogP contribution < -0.4 is 14.4 Å². The lowest BCUT2D eigenvalue weighted by Crippen LogP contribution is -2.51. The molecule has 0 unspecified atom stereocenters. The van der Waals surface area contributed by atoms with E-state index < -0.39 is 26.8 Å². The number of anilines is 1. The van der Waals surface area contributed by atoms with E-state index >= 15 is 0 Å². The predicted molar refractivity (Wildman–Crippen MR) is 163 cm³/mol. The van der Waals surface area contributed by atoms with Crippen molar-refractivity contribution >= 4 is 39.5 Å². The molecule has 2 aromatic carbocycles. The molecular weight excluding hydrogens is 576 g/mol. The van der Waals surface area contributed by atoms with E-state index in [1.807, 2.05) is 18.2 Å². The van der Waals surface area contributed by atoms with E-state index in [0.29, 0.717) is 55.3 Å². The number of aldehydes is 1. The Labute approximate surface area is 253 Å². The van der Waals surface area contributed by atoms with E-state index in [0.717, 1.165) is 36.8 Å². The summed E-state index contributed by atoms with van der Waals surface area (Å²) in [5.74, 6) is -0.703. The standard InChI is InChI=1S/C32H39ClN2O6S/c1-21-6-5-14-32(38,20-36)28-12-9-25(28)18-35-15-4-3-7-23-16-27(33)11-8-26(23)19-41-30-13-10-24(17-29(30)35)31(37)34-42(39,40)22(21)2/h5,8,10-11,13-14,16-17,20-22,25,28,38H,3-4,6-7,9,12,15,18-19H2,1-2H3,(H,34,37)/b14-5+/t21-,22+,25-,28+,32+/m0/s1. The molecule has 5 rings (SSSR count). The summed E-state index contributed by atoms with van der Waals surface area (Å²) in [6, 6.07) is 10.8. The molecule has 2 aromatic rings. The Hall–Kier alpha value is -2.88. The molecule has 1 aliphatic carbocycles. The third-order valence-electron chi connectivity index (χ3n) is 9.31. The van der Waals surface area contributed by atoms with Gasteiger partial charge in [0.15, 0.2) is 6.29 Å². The van der Waals surface area contributed by atoms with Gasteiger partial charge in [-0.2, -0.15) is 0 Å². The highest BCUT2D eigenvalue weighted by Gasteiger charge is 2.46. The van der Waals surface area contributed by atoms with Gasteiger partial charge in [0, 0.05) is 29.6 Å². The summed E-state index contributed by atoms with van der Waals surface area (Å²) < 4.78 is 34.9. The summed E-state index contributed by atoms with van der Waals surface area (Å²) in [7, 11) is -4.00. The van der Waals surface area contributed by atoms with Crippen molar-refractivity contribution < 1.29 is 27.9 Å². The number of amides is 1. The molecule has 8 nitrogen and oxygen atoms in total. The molecule has 10 heteroatoms. The van der Waals surface area contributed by atoms with Crippen LogP contribution in [0, 0.1) is 17.8 Å². The molecule has 42 heavy (non-hydrogen) atoms. The summed E-state index contributed by atoms with van der Waals surface area (Å²) in [6.45, 7) is 4.85. The van der Waals surface area contributed by atoms with Gasteiger partial charge in [0.1, 0.15) is 18.0 Å². The molecule has 2 heterocycles. The number of ether oxygens (including phenoxy) is 1. The number of rotatable bonds is 1. The number of nitrogens with zero attached hydrogens (tertiary/aromatic N) is 1.